The van der Waals surface area contributed by atoms with Gasteiger partial charge in [-0.15, -0.1) is 24.0 Å². The van der Waals surface area contributed by atoms with Crippen molar-refractivity contribution in [3.63, 3.8) is 0 Å². The molecule has 0 saturated carbocycles. The predicted molar refractivity (Wildman–Crippen MR) is 112 cm³/mol. The Kier molecular flexibility index (Phi) is 10.2. The number of hydrogen-bond donors (Lipinski definition) is 2. The number of guanidine groups is 1. The zero-order valence-electron chi connectivity index (χ0n) is 15.2. The molecule has 1 aliphatic rings. The van der Waals surface area contributed by atoms with E-state index in [2.05, 4.69) is 45.4 Å². The van der Waals surface area contributed by atoms with E-state index in [1.165, 1.54) is 25.9 Å². The minimum absolute atomic E-state index is 0. The molecule has 0 aliphatic carbocycles. The van der Waals surface area contributed by atoms with Gasteiger partial charge >= 0.3 is 0 Å². The number of aliphatic imine (C=N–C) groups is 1. The smallest absolute Gasteiger partial charge is 0.191 e. The number of aromatic nitrogens is 1. The van der Waals surface area contributed by atoms with Gasteiger partial charge in [-0.3, -0.25) is 14.9 Å². The van der Waals surface area contributed by atoms with Gasteiger partial charge in [0.05, 0.1) is 0 Å². The first-order valence-electron chi connectivity index (χ1n) is 8.77. The van der Waals surface area contributed by atoms with E-state index in [1.807, 2.05) is 25.4 Å². The van der Waals surface area contributed by atoms with Crippen LogP contribution in [0.5, 0.6) is 0 Å². The van der Waals surface area contributed by atoms with Crippen LogP contribution in [0.15, 0.2) is 29.4 Å². The molecule has 1 aliphatic heterocycles. The van der Waals surface area contributed by atoms with Gasteiger partial charge in [-0.05, 0) is 44.4 Å². The SMILES string of the molecule is CN=C(NCCc1ccccn1)NCC(C)N1CCCC(C)C1.I. The predicted octanol–water partition coefficient (Wildman–Crippen LogP) is 2.53. The Hall–Kier alpha value is -0.890. The van der Waals surface area contributed by atoms with Gasteiger partial charge in [-0.2, -0.15) is 0 Å². The molecule has 2 rings (SSSR count). The summed E-state index contributed by atoms with van der Waals surface area (Å²) < 4.78 is 0. The molecule has 1 aromatic heterocycles. The van der Waals surface area contributed by atoms with E-state index < -0.39 is 0 Å². The zero-order valence-corrected chi connectivity index (χ0v) is 17.5. The monoisotopic (exact) mass is 445 g/mol. The fraction of sp³-hybridized carbons (Fsp3) is 0.667. The summed E-state index contributed by atoms with van der Waals surface area (Å²) in [5.41, 5.74) is 1.10. The van der Waals surface area contributed by atoms with Gasteiger partial charge in [0.15, 0.2) is 5.96 Å². The number of piperidine rings is 1. The summed E-state index contributed by atoms with van der Waals surface area (Å²) in [7, 11) is 1.82. The molecule has 24 heavy (non-hydrogen) atoms. The van der Waals surface area contributed by atoms with E-state index in [1.54, 1.807) is 0 Å². The summed E-state index contributed by atoms with van der Waals surface area (Å²) in [6.45, 7) is 8.85. The molecule has 6 heteroatoms. The zero-order chi connectivity index (χ0) is 16.5. The Balaban J connectivity index is 0.00000288. The fourth-order valence-corrected chi connectivity index (χ4v) is 3.08. The minimum atomic E-state index is 0. The maximum atomic E-state index is 4.34. The van der Waals surface area contributed by atoms with Gasteiger partial charge in [-0.25, -0.2) is 0 Å². The van der Waals surface area contributed by atoms with E-state index in [-0.39, 0.29) is 24.0 Å². The van der Waals surface area contributed by atoms with Crippen LogP contribution in [-0.4, -0.2) is 55.1 Å². The fourth-order valence-electron chi connectivity index (χ4n) is 3.08. The minimum Gasteiger partial charge on any atom is -0.356 e. The van der Waals surface area contributed by atoms with Crippen molar-refractivity contribution in [3.05, 3.63) is 30.1 Å². The molecule has 136 valence electrons. The quantitative estimate of drug-likeness (QED) is 0.402. The maximum absolute atomic E-state index is 4.34. The van der Waals surface area contributed by atoms with Gasteiger partial charge < -0.3 is 10.6 Å². The van der Waals surface area contributed by atoms with Crippen LogP contribution in [0.4, 0.5) is 0 Å². The van der Waals surface area contributed by atoms with Crippen molar-refractivity contribution < 1.29 is 0 Å². The molecule has 2 atom stereocenters. The summed E-state index contributed by atoms with van der Waals surface area (Å²) in [5.74, 6) is 1.69. The molecule has 1 saturated heterocycles. The Morgan fingerprint density at radius 3 is 2.92 bits per heavy atom. The van der Waals surface area contributed by atoms with Crippen LogP contribution in [-0.2, 0) is 6.42 Å². The summed E-state index contributed by atoms with van der Waals surface area (Å²) in [5, 5.41) is 6.81. The Labute approximate surface area is 163 Å². The van der Waals surface area contributed by atoms with E-state index in [0.717, 1.165) is 37.1 Å². The van der Waals surface area contributed by atoms with Gasteiger partial charge in [0.2, 0.25) is 0 Å². The van der Waals surface area contributed by atoms with Gasteiger partial charge in [-0.1, -0.05) is 13.0 Å². The normalized spacial score (nSPS) is 20.1. The number of likely N-dealkylation sites (tertiary alicyclic amines) is 1. The summed E-state index contributed by atoms with van der Waals surface area (Å²) >= 11 is 0. The second-order valence-corrected chi connectivity index (χ2v) is 6.54. The average Bonchev–Trinajstić information content (AvgIpc) is 2.58. The molecule has 2 N–H and O–H groups in total. The Morgan fingerprint density at radius 1 is 1.42 bits per heavy atom. The highest BCUT2D eigenvalue weighted by Gasteiger charge is 2.20. The van der Waals surface area contributed by atoms with Crippen molar-refractivity contribution in [1.29, 1.82) is 0 Å². The lowest BCUT2D eigenvalue weighted by Crippen LogP contribution is -2.48. The van der Waals surface area contributed by atoms with Crippen molar-refractivity contribution in [3.8, 4) is 0 Å². The molecule has 0 aromatic carbocycles. The molecule has 2 unspecified atom stereocenters. The lowest BCUT2D eigenvalue weighted by molar-refractivity contribution is 0.139. The number of hydrogen-bond acceptors (Lipinski definition) is 3. The van der Waals surface area contributed by atoms with E-state index in [0.29, 0.717) is 6.04 Å². The second kappa shape index (κ2) is 11.6. The van der Waals surface area contributed by atoms with Crippen LogP contribution in [0, 0.1) is 5.92 Å². The third-order valence-electron chi connectivity index (χ3n) is 4.50. The third-order valence-corrected chi connectivity index (χ3v) is 4.50. The molecule has 0 spiro atoms. The molecule has 2 heterocycles. The van der Waals surface area contributed by atoms with Crippen LogP contribution < -0.4 is 10.6 Å². The number of nitrogens with one attached hydrogen (secondary N) is 2. The Morgan fingerprint density at radius 2 is 2.25 bits per heavy atom. The van der Waals surface area contributed by atoms with E-state index in [4.69, 9.17) is 0 Å². The van der Waals surface area contributed by atoms with Crippen molar-refractivity contribution in [2.45, 2.75) is 39.2 Å². The first kappa shape index (κ1) is 21.2. The van der Waals surface area contributed by atoms with Crippen LogP contribution >= 0.6 is 24.0 Å². The highest BCUT2D eigenvalue weighted by atomic mass is 127. The van der Waals surface area contributed by atoms with Crippen molar-refractivity contribution >= 4 is 29.9 Å². The lowest BCUT2D eigenvalue weighted by Gasteiger charge is -2.35. The first-order valence-corrected chi connectivity index (χ1v) is 8.77. The van der Waals surface area contributed by atoms with Crippen molar-refractivity contribution in [2.24, 2.45) is 10.9 Å². The van der Waals surface area contributed by atoms with Crippen LogP contribution in [0.1, 0.15) is 32.4 Å². The van der Waals surface area contributed by atoms with Crippen LogP contribution in [0.2, 0.25) is 0 Å². The topological polar surface area (TPSA) is 52.6 Å². The molecular weight excluding hydrogens is 413 g/mol. The van der Waals surface area contributed by atoms with Gasteiger partial charge in [0.25, 0.3) is 0 Å². The molecule has 5 nitrogen and oxygen atoms in total. The first-order chi connectivity index (χ1) is 11.2. The molecule has 1 fully saturated rings. The van der Waals surface area contributed by atoms with Crippen LogP contribution in [0.25, 0.3) is 0 Å². The van der Waals surface area contributed by atoms with Crippen LogP contribution in [0.3, 0.4) is 0 Å². The highest BCUT2D eigenvalue weighted by molar-refractivity contribution is 14.0. The lowest BCUT2D eigenvalue weighted by atomic mass is 9.99. The number of halogens is 1. The van der Waals surface area contributed by atoms with E-state index in [9.17, 15) is 0 Å². The summed E-state index contributed by atoms with van der Waals surface area (Å²) in [6, 6.07) is 6.56. The number of pyridine rings is 1. The van der Waals surface area contributed by atoms with E-state index >= 15 is 0 Å². The van der Waals surface area contributed by atoms with Crippen molar-refractivity contribution in [1.82, 2.24) is 20.5 Å². The largest absolute Gasteiger partial charge is 0.356 e. The molecule has 0 radical (unpaired) electrons. The molecule has 0 bridgehead atoms. The third kappa shape index (κ3) is 7.34. The molecular formula is C18H32IN5. The number of rotatable bonds is 6. The van der Waals surface area contributed by atoms with Crippen molar-refractivity contribution in [2.75, 3.05) is 33.2 Å². The summed E-state index contributed by atoms with van der Waals surface area (Å²) in [6.07, 6.45) is 5.43. The standard InChI is InChI=1S/C18H31N5.HI/c1-15-7-6-12-23(14-15)16(2)13-22-18(19-3)21-11-9-17-8-4-5-10-20-17;/h4-5,8,10,15-16H,6-7,9,11-14H2,1-3H3,(H2,19,21,22);1H. The van der Waals surface area contributed by atoms with Gasteiger partial charge in [0.1, 0.15) is 0 Å². The highest BCUT2D eigenvalue weighted by Crippen LogP contribution is 2.17. The maximum Gasteiger partial charge on any atom is 0.191 e. The second-order valence-electron chi connectivity index (χ2n) is 6.54. The molecule has 0 amide bonds. The summed E-state index contributed by atoms with van der Waals surface area (Å²) in [4.78, 5) is 11.2. The van der Waals surface area contributed by atoms with Gasteiger partial charge in [0, 0.05) is 51.0 Å². The average molecular weight is 445 g/mol. The number of nitrogens with zero attached hydrogens (tertiary/aromatic N) is 3. The molecule has 1 aromatic rings. The Bertz CT molecular complexity index is 480.